The lowest BCUT2D eigenvalue weighted by Crippen LogP contribution is -2.36. The number of alkyl halides is 6. The van der Waals surface area contributed by atoms with Gasteiger partial charge < -0.3 is 0 Å². The van der Waals surface area contributed by atoms with Gasteiger partial charge >= 0.3 is 12.4 Å². The molecule has 0 N–H and O–H groups in total. The molecule has 7 heteroatoms. The minimum absolute atomic E-state index is 0.103. The van der Waals surface area contributed by atoms with Gasteiger partial charge in [0.25, 0.3) is 0 Å². The maximum Gasteiger partial charge on any atom is 0.416 e. The molecule has 1 aliphatic heterocycles. The van der Waals surface area contributed by atoms with E-state index in [4.69, 9.17) is 0 Å². The van der Waals surface area contributed by atoms with Gasteiger partial charge in [0, 0.05) is 0 Å². The van der Waals surface area contributed by atoms with E-state index in [1.165, 1.54) is 0 Å². The Labute approximate surface area is 224 Å². The van der Waals surface area contributed by atoms with Crippen LogP contribution in [0.25, 0.3) is 6.08 Å². The molecule has 5 rings (SSSR count). The van der Waals surface area contributed by atoms with Crippen LogP contribution in [-0.2, 0) is 17.5 Å². The number of hydrogen-bond acceptors (Lipinski definition) is 0. The lowest BCUT2D eigenvalue weighted by molar-refractivity contribution is -0.143. The van der Waals surface area contributed by atoms with Crippen LogP contribution in [0.15, 0.2) is 115 Å². The highest BCUT2D eigenvalue weighted by molar-refractivity contribution is 7.67. The molecule has 1 heterocycles. The molecule has 1 atom stereocenters. The van der Waals surface area contributed by atoms with Crippen molar-refractivity contribution in [2.75, 3.05) is 6.16 Å². The van der Waals surface area contributed by atoms with Gasteiger partial charge in [-0.3, -0.25) is 0 Å². The Balaban J connectivity index is 1.83. The smallest absolute Gasteiger partial charge is 0.166 e. The fraction of sp³-hybridized carbons (Fsp3) is 0.188. The monoisotopic (exact) mass is 554 g/mol. The van der Waals surface area contributed by atoms with E-state index in [-0.39, 0.29) is 11.6 Å². The molecule has 200 valence electrons. The largest absolute Gasteiger partial charge is 0.416 e. The Hall–Kier alpha value is -3.37. The third kappa shape index (κ3) is 5.40. The van der Waals surface area contributed by atoms with Crippen LogP contribution < -0.4 is 5.30 Å². The van der Waals surface area contributed by atoms with E-state index in [2.05, 4.69) is 12.1 Å². The van der Waals surface area contributed by atoms with Crippen LogP contribution in [0.3, 0.4) is 0 Å². The number of rotatable bonds is 4. The normalized spacial score (nSPS) is 18.7. The molecule has 0 bridgehead atoms. The highest BCUT2D eigenvalue weighted by atomic mass is 31.1. The Kier molecular flexibility index (Phi) is 7.43. The average Bonchev–Trinajstić information content (AvgIpc) is 2.93. The van der Waals surface area contributed by atoms with Gasteiger partial charge in [-0.25, -0.2) is 0 Å². The molecule has 1 saturated heterocycles. The summed E-state index contributed by atoms with van der Waals surface area (Å²) in [6, 6.07) is 31.4. The maximum absolute atomic E-state index is 13.7. The van der Waals surface area contributed by atoms with Crippen molar-refractivity contribution >= 4 is 19.3 Å². The summed E-state index contributed by atoms with van der Waals surface area (Å²) in [5.74, 6) is 0. The lowest BCUT2D eigenvalue weighted by atomic mass is 9.80. The van der Waals surface area contributed by atoms with Crippen molar-refractivity contribution in [2.24, 2.45) is 0 Å². The highest BCUT2D eigenvalue weighted by Crippen LogP contribution is 2.66. The zero-order valence-electron chi connectivity index (χ0n) is 20.8. The van der Waals surface area contributed by atoms with Crippen molar-refractivity contribution in [1.29, 1.82) is 0 Å². The van der Waals surface area contributed by atoms with Crippen molar-refractivity contribution in [3.8, 4) is 0 Å². The van der Waals surface area contributed by atoms with Gasteiger partial charge in [0.1, 0.15) is 0 Å². The van der Waals surface area contributed by atoms with E-state index in [0.717, 1.165) is 46.7 Å². The molecule has 0 saturated carbocycles. The Bertz CT molecular complexity index is 1370. The molecule has 4 aromatic rings. The zero-order valence-corrected chi connectivity index (χ0v) is 21.7. The minimum atomic E-state index is -4.91. The minimum Gasteiger partial charge on any atom is -0.166 e. The number of hydrogen-bond donors (Lipinski definition) is 0. The van der Waals surface area contributed by atoms with Crippen molar-refractivity contribution in [3.05, 3.63) is 143 Å². The summed E-state index contributed by atoms with van der Waals surface area (Å²) in [4.78, 5) is 0. The van der Waals surface area contributed by atoms with Crippen LogP contribution in [0.5, 0.6) is 0 Å². The first-order valence-electron chi connectivity index (χ1n) is 12.5. The third-order valence-corrected chi connectivity index (χ3v) is 10.4. The van der Waals surface area contributed by atoms with Crippen LogP contribution in [0.2, 0.25) is 0 Å². The Morgan fingerprint density at radius 2 is 1.08 bits per heavy atom. The number of allylic oxidation sites excluding steroid dienone is 1. The molecular weight excluding hydrogens is 529 g/mol. The predicted octanol–water partition coefficient (Wildman–Crippen LogP) is 9.65. The van der Waals surface area contributed by atoms with Gasteiger partial charge in [0.05, 0.1) is 16.3 Å². The van der Waals surface area contributed by atoms with E-state index in [1.54, 1.807) is 6.08 Å². The second-order valence-electron chi connectivity index (χ2n) is 9.54. The summed E-state index contributed by atoms with van der Waals surface area (Å²) in [6.45, 7) is 0. The number of benzene rings is 4. The van der Waals surface area contributed by atoms with Crippen LogP contribution in [0, 0.1) is 0 Å². The standard InChI is InChI=1S/C32H25F6P/c33-31(34,35)27-20-23(21-28(22-27)32(36,37)38)19-26-15-10-18-39(29-16-8-3-9-17-29)30(26,24-11-4-1-5-12-24)25-13-6-2-7-14-25/h1-9,11-14,16-17,19-22H,10,15,18H2. The van der Waals surface area contributed by atoms with E-state index in [0.29, 0.717) is 6.42 Å². The summed E-state index contributed by atoms with van der Waals surface area (Å²) in [5.41, 5.74) is 0.0350. The van der Waals surface area contributed by atoms with Crippen molar-refractivity contribution in [2.45, 2.75) is 30.4 Å². The van der Waals surface area contributed by atoms with Gasteiger partial charge in [-0.05, 0) is 59.2 Å². The van der Waals surface area contributed by atoms with Gasteiger partial charge in [-0.15, -0.1) is 0 Å². The Morgan fingerprint density at radius 3 is 1.54 bits per heavy atom. The van der Waals surface area contributed by atoms with Crippen LogP contribution in [0.4, 0.5) is 26.3 Å². The molecule has 39 heavy (non-hydrogen) atoms. The summed E-state index contributed by atoms with van der Waals surface area (Å²) in [5, 5.41) is 0.398. The fourth-order valence-electron chi connectivity index (χ4n) is 5.53. The van der Waals surface area contributed by atoms with Crippen molar-refractivity contribution < 1.29 is 26.3 Å². The topological polar surface area (TPSA) is 0 Å². The van der Waals surface area contributed by atoms with Gasteiger partial charge in [0.15, 0.2) is 0 Å². The van der Waals surface area contributed by atoms with Crippen molar-refractivity contribution in [3.63, 3.8) is 0 Å². The van der Waals surface area contributed by atoms with Gasteiger partial charge in [0.2, 0.25) is 0 Å². The zero-order chi connectivity index (χ0) is 27.7. The second kappa shape index (κ2) is 10.7. The molecule has 0 nitrogen and oxygen atoms in total. The van der Waals surface area contributed by atoms with E-state index >= 15 is 0 Å². The molecule has 0 amide bonds. The molecule has 1 unspecified atom stereocenters. The van der Waals surface area contributed by atoms with Gasteiger partial charge in [-0.2, -0.15) is 26.3 Å². The Morgan fingerprint density at radius 1 is 0.615 bits per heavy atom. The molecule has 4 aromatic carbocycles. The average molecular weight is 555 g/mol. The molecule has 1 aliphatic rings. The molecular formula is C32H25F6P. The first kappa shape index (κ1) is 27.2. The van der Waals surface area contributed by atoms with Gasteiger partial charge in [-0.1, -0.05) is 111 Å². The van der Waals surface area contributed by atoms with Crippen molar-refractivity contribution in [1.82, 2.24) is 0 Å². The SMILES string of the molecule is FC(F)(F)c1cc(C=C2CCCP(c3ccccc3)C2(c2ccccc2)c2ccccc2)cc(C(F)(F)F)c1. The quantitative estimate of drug-likeness (QED) is 0.174. The highest BCUT2D eigenvalue weighted by Gasteiger charge is 2.47. The molecule has 1 fully saturated rings. The lowest BCUT2D eigenvalue weighted by Gasteiger charge is -2.48. The first-order chi connectivity index (χ1) is 18.6. The molecule has 0 aromatic heterocycles. The summed E-state index contributed by atoms with van der Waals surface area (Å²) < 4.78 is 82.2. The summed E-state index contributed by atoms with van der Waals surface area (Å²) >= 11 is 0. The predicted molar refractivity (Wildman–Crippen MR) is 145 cm³/mol. The van der Waals surface area contributed by atoms with E-state index in [9.17, 15) is 26.3 Å². The summed E-state index contributed by atoms with van der Waals surface area (Å²) in [6.07, 6.45) is -6.05. The van der Waals surface area contributed by atoms with Crippen LogP contribution >= 0.6 is 7.92 Å². The third-order valence-electron chi connectivity index (χ3n) is 7.10. The summed E-state index contributed by atoms with van der Waals surface area (Å²) in [7, 11) is -0.976. The van der Waals surface area contributed by atoms with E-state index < -0.39 is 36.6 Å². The molecule has 0 spiro atoms. The first-order valence-corrected chi connectivity index (χ1v) is 14.1. The second-order valence-corrected chi connectivity index (χ2v) is 12.0. The molecule has 0 aliphatic carbocycles. The van der Waals surface area contributed by atoms with Crippen LogP contribution in [0.1, 0.15) is 40.7 Å². The molecule has 0 radical (unpaired) electrons. The maximum atomic E-state index is 13.7. The van der Waals surface area contributed by atoms with E-state index in [1.807, 2.05) is 78.9 Å². The fourth-order valence-corrected chi connectivity index (χ4v) is 8.96. The van der Waals surface area contributed by atoms with Crippen LogP contribution in [-0.4, -0.2) is 6.16 Å². The number of halogens is 6.